The summed E-state index contributed by atoms with van der Waals surface area (Å²) in [7, 11) is 1.64. The molecule has 1 aliphatic heterocycles. The second-order valence-electron chi connectivity index (χ2n) is 7.60. The topological polar surface area (TPSA) is 42.3 Å². The molecule has 3 heterocycles. The van der Waals surface area contributed by atoms with Gasteiger partial charge in [0.2, 0.25) is 0 Å². The minimum Gasteiger partial charge on any atom is -0.497 e. The Labute approximate surface area is 201 Å². The van der Waals surface area contributed by atoms with E-state index in [0.717, 1.165) is 28.5 Å². The number of nitrogens with zero attached hydrogens (tertiary/aromatic N) is 3. The number of thiocarbonyl (C=S) groups is 1. The van der Waals surface area contributed by atoms with Crippen LogP contribution in [0.4, 0.5) is 10.1 Å². The normalized spacial score (nSPS) is 17.8. The van der Waals surface area contributed by atoms with Gasteiger partial charge in [-0.25, -0.2) is 4.39 Å². The van der Waals surface area contributed by atoms with Crippen LogP contribution in [0, 0.1) is 5.82 Å². The number of rotatable bonds is 5. The third kappa shape index (κ3) is 3.94. The maximum atomic E-state index is 13.8. The van der Waals surface area contributed by atoms with E-state index in [-0.39, 0.29) is 17.1 Å². The van der Waals surface area contributed by atoms with E-state index in [9.17, 15) is 4.39 Å². The molecule has 5 rings (SSSR count). The van der Waals surface area contributed by atoms with Gasteiger partial charge in [0.25, 0.3) is 0 Å². The number of hydrogen-bond acceptors (Lipinski definition) is 3. The molecule has 0 amide bonds. The number of benzene rings is 2. The van der Waals surface area contributed by atoms with Crippen LogP contribution in [0.2, 0.25) is 5.02 Å². The first-order valence-corrected chi connectivity index (χ1v) is 11.1. The average Bonchev–Trinajstić information content (AvgIpc) is 3.46. The summed E-state index contributed by atoms with van der Waals surface area (Å²) in [4.78, 5) is 6.66. The third-order valence-electron chi connectivity index (χ3n) is 5.71. The summed E-state index contributed by atoms with van der Waals surface area (Å²) in [5, 5.41) is 4.11. The minimum absolute atomic E-state index is 0.0699. The highest BCUT2D eigenvalue weighted by atomic mass is 35.5. The fourth-order valence-electron chi connectivity index (χ4n) is 4.18. The molecule has 2 atom stereocenters. The molecule has 1 saturated heterocycles. The average molecular weight is 479 g/mol. The van der Waals surface area contributed by atoms with Crippen molar-refractivity contribution >= 4 is 34.6 Å². The Morgan fingerprint density at radius 3 is 2.52 bits per heavy atom. The zero-order valence-electron chi connectivity index (χ0n) is 17.7. The van der Waals surface area contributed by atoms with E-state index < -0.39 is 5.82 Å². The van der Waals surface area contributed by atoms with E-state index >= 15 is 0 Å². The Hall–Kier alpha value is -3.42. The molecule has 1 fully saturated rings. The van der Waals surface area contributed by atoms with Crippen LogP contribution >= 0.6 is 23.8 Å². The van der Waals surface area contributed by atoms with Gasteiger partial charge in [0, 0.05) is 29.5 Å². The van der Waals surface area contributed by atoms with Crippen LogP contribution in [-0.4, -0.2) is 21.8 Å². The van der Waals surface area contributed by atoms with Crippen molar-refractivity contribution in [1.82, 2.24) is 14.9 Å². The summed E-state index contributed by atoms with van der Waals surface area (Å²) >= 11 is 11.9. The summed E-state index contributed by atoms with van der Waals surface area (Å²) in [5.41, 5.74) is 3.50. The quantitative estimate of drug-likeness (QED) is 0.364. The van der Waals surface area contributed by atoms with E-state index in [2.05, 4.69) is 15.2 Å². The molecular formula is C25H20ClFN4OS. The lowest BCUT2D eigenvalue weighted by atomic mass is 10.0. The largest absolute Gasteiger partial charge is 0.497 e. The van der Waals surface area contributed by atoms with Crippen molar-refractivity contribution in [2.45, 2.75) is 12.1 Å². The Kier molecular flexibility index (Phi) is 5.74. The Balaban J connectivity index is 1.65. The van der Waals surface area contributed by atoms with E-state index in [0.29, 0.717) is 5.11 Å². The maximum absolute atomic E-state index is 13.8. The lowest BCUT2D eigenvalue weighted by Gasteiger charge is -2.29. The molecule has 0 bridgehead atoms. The molecule has 2 aromatic heterocycles. The molecule has 8 heteroatoms. The van der Waals surface area contributed by atoms with Gasteiger partial charge >= 0.3 is 0 Å². The van der Waals surface area contributed by atoms with Crippen molar-refractivity contribution in [3.63, 3.8) is 0 Å². The standard InChI is InChI=1S/C25H20ClFN4OS/c1-32-18-10-7-16(8-11-18)31-24(23(29-25(31)33)21-5-2-3-13-28-21)22-6-4-14-30(22)17-9-12-20(27)19(26)15-17/h2-15,23-24H,1H3,(H,29,33). The van der Waals surface area contributed by atoms with E-state index in [4.69, 9.17) is 28.6 Å². The van der Waals surface area contributed by atoms with Crippen molar-refractivity contribution in [2.75, 3.05) is 12.0 Å². The summed E-state index contributed by atoms with van der Waals surface area (Å²) in [6, 6.07) is 21.8. The lowest BCUT2D eigenvalue weighted by Crippen LogP contribution is -2.30. The number of aromatic nitrogens is 2. The Bertz CT molecular complexity index is 1300. The number of hydrogen-bond donors (Lipinski definition) is 1. The van der Waals surface area contributed by atoms with Gasteiger partial charge in [-0.2, -0.15) is 0 Å². The fraction of sp³-hybridized carbons (Fsp3) is 0.120. The van der Waals surface area contributed by atoms with Crippen LogP contribution in [0.25, 0.3) is 5.69 Å². The lowest BCUT2D eigenvalue weighted by molar-refractivity contribution is 0.415. The first kappa shape index (κ1) is 21.4. The van der Waals surface area contributed by atoms with Crippen LogP contribution in [0.3, 0.4) is 0 Å². The SMILES string of the molecule is COc1ccc(N2C(=S)NC(c3ccccn3)C2c2cccn2-c2ccc(F)c(Cl)c2)cc1. The number of ether oxygens (including phenoxy) is 1. The molecule has 1 aliphatic rings. The number of anilines is 1. The van der Waals surface area contributed by atoms with Crippen LogP contribution < -0.4 is 15.0 Å². The molecule has 0 radical (unpaired) electrons. The van der Waals surface area contributed by atoms with Crippen LogP contribution in [0.5, 0.6) is 5.75 Å². The van der Waals surface area contributed by atoms with Crippen LogP contribution in [0.1, 0.15) is 23.5 Å². The summed E-state index contributed by atoms with van der Waals surface area (Å²) in [6.45, 7) is 0. The zero-order valence-corrected chi connectivity index (χ0v) is 19.2. The molecule has 0 aliphatic carbocycles. The van der Waals surface area contributed by atoms with Gasteiger partial charge in [-0.15, -0.1) is 0 Å². The molecule has 1 N–H and O–H groups in total. The first-order chi connectivity index (χ1) is 16.1. The van der Waals surface area contributed by atoms with E-state index in [1.54, 1.807) is 25.4 Å². The van der Waals surface area contributed by atoms with Gasteiger partial charge in [0.05, 0.1) is 23.9 Å². The smallest absolute Gasteiger partial charge is 0.174 e. The van der Waals surface area contributed by atoms with E-state index in [1.807, 2.05) is 65.4 Å². The highest BCUT2D eigenvalue weighted by Gasteiger charge is 2.42. The molecule has 166 valence electrons. The molecule has 2 aromatic carbocycles. The summed E-state index contributed by atoms with van der Waals surface area (Å²) in [6.07, 6.45) is 3.70. The van der Waals surface area contributed by atoms with Gasteiger partial charge in [0.15, 0.2) is 5.11 Å². The van der Waals surface area contributed by atoms with Gasteiger partial charge in [-0.3, -0.25) is 4.98 Å². The second kappa shape index (κ2) is 8.84. The monoisotopic (exact) mass is 478 g/mol. The molecule has 0 saturated carbocycles. The van der Waals surface area contributed by atoms with Crippen molar-refractivity contribution in [2.24, 2.45) is 0 Å². The highest BCUT2D eigenvalue weighted by molar-refractivity contribution is 7.80. The Morgan fingerprint density at radius 2 is 1.82 bits per heavy atom. The maximum Gasteiger partial charge on any atom is 0.174 e. The number of halogens is 2. The number of pyridine rings is 1. The number of nitrogens with one attached hydrogen (secondary N) is 1. The molecule has 5 nitrogen and oxygen atoms in total. The predicted molar refractivity (Wildman–Crippen MR) is 132 cm³/mol. The third-order valence-corrected chi connectivity index (χ3v) is 6.32. The van der Waals surface area contributed by atoms with Gasteiger partial charge in [0.1, 0.15) is 17.6 Å². The van der Waals surface area contributed by atoms with E-state index in [1.165, 1.54) is 6.07 Å². The van der Waals surface area contributed by atoms with Gasteiger partial charge in [-0.05, 0) is 78.9 Å². The van der Waals surface area contributed by atoms with Gasteiger partial charge in [-0.1, -0.05) is 17.7 Å². The van der Waals surface area contributed by atoms with Crippen molar-refractivity contribution in [3.8, 4) is 11.4 Å². The minimum atomic E-state index is -0.455. The highest BCUT2D eigenvalue weighted by Crippen LogP contribution is 2.42. The number of methoxy groups -OCH3 is 1. The molecule has 0 spiro atoms. The van der Waals surface area contributed by atoms with Crippen LogP contribution in [-0.2, 0) is 0 Å². The Morgan fingerprint density at radius 1 is 1.03 bits per heavy atom. The van der Waals surface area contributed by atoms with Crippen molar-refractivity contribution in [3.05, 3.63) is 107 Å². The molecular weight excluding hydrogens is 459 g/mol. The second-order valence-corrected chi connectivity index (χ2v) is 8.39. The summed E-state index contributed by atoms with van der Waals surface area (Å²) in [5.74, 6) is 0.308. The van der Waals surface area contributed by atoms with Crippen molar-refractivity contribution < 1.29 is 9.13 Å². The fourth-order valence-corrected chi connectivity index (χ4v) is 4.70. The summed E-state index contributed by atoms with van der Waals surface area (Å²) < 4.78 is 21.1. The van der Waals surface area contributed by atoms with Gasteiger partial charge < -0.3 is 19.5 Å². The predicted octanol–water partition coefficient (Wildman–Crippen LogP) is 5.85. The molecule has 2 unspecified atom stereocenters. The zero-order chi connectivity index (χ0) is 22.9. The molecule has 4 aromatic rings. The van der Waals surface area contributed by atoms with Crippen molar-refractivity contribution in [1.29, 1.82) is 0 Å². The molecule has 33 heavy (non-hydrogen) atoms. The first-order valence-electron chi connectivity index (χ1n) is 10.3. The van der Waals surface area contributed by atoms with Crippen LogP contribution in [0.15, 0.2) is 85.2 Å².